The van der Waals surface area contributed by atoms with E-state index in [1.54, 1.807) is 30.5 Å². The van der Waals surface area contributed by atoms with Crippen molar-refractivity contribution in [1.29, 1.82) is 0 Å². The minimum atomic E-state index is -0.283. The number of nitrogens with zero attached hydrogens (tertiary/aromatic N) is 2. The highest BCUT2D eigenvalue weighted by atomic mass is 32.2. The molecule has 1 aromatic heterocycles. The number of benzene rings is 1. The summed E-state index contributed by atoms with van der Waals surface area (Å²) in [5.41, 5.74) is 1.66. The summed E-state index contributed by atoms with van der Waals surface area (Å²) in [4.78, 5) is 42.6. The Hall–Kier alpha value is -3.07. The van der Waals surface area contributed by atoms with Crippen LogP contribution in [-0.4, -0.2) is 48.1 Å². The number of nitrogens with one attached hydrogen (secondary N) is 3. The summed E-state index contributed by atoms with van der Waals surface area (Å²) < 4.78 is 0. The average molecular weight is 383 g/mol. The molecule has 8 nitrogen and oxygen atoms in total. The fraction of sp³-hybridized carbons (Fsp3) is 0.222. The second-order valence-corrected chi connectivity index (χ2v) is 7.20. The molecule has 3 amide bonds. The minimum absolute atomic E-state index is 0.0295. The number of aromatic nitrogens is 1. The second-order valence-electron chi connectivity index (χ2n) is 6.18. The average Bonchev–Trinajstić information content (AvgIpc) is 2.68. The highest BCUT2D eigenvalue weighted by Gasteiger charge is 2.19. The van der Waals surface area contributed by atoms with Crippen molar-refractivity contribution in [2.45, 2.75) is 4.90 Å². The number of piperazine rings is 1. The highest BCUT2D eigenvalue weighted by molar-refractivity contribution is 8.00. The molecule has 1 aromatic carbocycles. The lowest BCUT2D eigenvalue weighted by molar-refractivity contribution is -0.120. The van der Waals surface area contributed by atoms with E-state index >= 15 is 0 Å². The normalized spacial score (nSPS) is 16.2. The lowest BCUT2D eigenvalue weighted by atomic mass is 10.1. The Morgan fingerprint density at radius 2 is 2.07 bits per heavy atom. The largest absolute Gasteiger partial charge is 0.353 e. The van der Waals surface area contributed by atoms with Crippen molar-refractivity contribution >= 4 is 46.7 Å². The van der Waals surface area contributed by atoms with Gasteiger partial charge in [0, 0.05) is 23.5 Å². The van der Waals surface area contributed by atoms with Crippen molar-refractivity contribution in [3.63, 3.8) is 0 Å². The summed E-state index contributed by atoms with van der Waals surface area (Å²) in [6.45, 7) is 1.56. The molecule has 1 saturated heterocycles. The summed E-state index contributed by atoms with van der Waals surface area (Å²) in [7, 11) is 0. The molecule has 27 heavy (non-hydrogen) atoms. The molecule has 0 bridgehead atoms. The number of thioether (sulfide) groups is 1. The van der Waals surface area contributed by atoms with E-state index in [0.29, 0.717) is 41.6 Å². The third-order valence-corrected chi connectivity index (χ3v) is 5.32. The van der Waals surface area contributed by atoms with Crippen LogP contribution in [0.25, 0.3) is 0 Å². The van der Waals surface area contributed by atoms with E-state index in [2.05, 4.69) is 20.9 Å². The predicted molar refractivity (Wildman–Crippen MR) is 103 cm³/mol. The molecular weight excluding hydrogens is 366 g/mol. The number of carbonyl (C=O) groups is 3. The molecule has 0 atom stereocenters. The Morgan fingerprint density at radius 1 is 1.19 bits per heavy atom. The van der Waals surface area contributed by atoms with Gasteiger partial charge in [-0.05, 0) is 30.3 Å². The smallest absolute Gasteiger partial charge is 0.255 e. The van der Waals surface area contributed by atoms with Gasteiger partial charge in [-0.1, -0.05) is 0 Å². The fourth-order valence-corrected chi connectivity index (χ4v) is 3.70. The van der Waals surface area contributed by atoms with Gasteiger partial charge < -0.3 is 20.9 Å². The zero-order chi connectivity index (χ0) is 18.8. The van der Waals surface area contributed by atoms with Crippen LogP contribution in [0, 0.1) is 0 Å². The van der Waals surface area contributed by atoms with Gasteiger partial charge >= 0.3 is 0 Å². The summed E-state index contributed by atoms with van der Waals surface area (Å²) in [6, 6.07) is 8.76. The van der Waals surface area contributed by atoms with Crippen LogP contribution in [0.3, 0.4) is 0 Å². The zero-order valence-corrected chi connectivity index (χ0v) is 15.1. The highest BCUT2D eigenvalue weighted by Crippen LogP contribution is 2.32. The topological polar surface area (TPSA) is 103 Å². The third-order valence-electron chi connectivity index (χ3n) is 4.24. The first-order valence-electron chi connectivity index (χ1n) is 8.44. The van der Waals surface area contributed by atoms with Gasteiger partial charge in [-0.3, -0.25) is 14.4 Å². The number of amides is 3. The summed E-state index contributed by atoms with van der Waals surface area (Å²) in [5.74, 6) is 0.690. The molecule has 4 rings (SSSR count). The van der Waals surface area contributed by atoms with E-state index in [1.165, 1.54) is 11.8 Å². The van der Waals surface area contributed by atoms with E-state index in [9.17, 15) is 14.4 Å². The van der Waals surface area contributed by atoms with Crippen molar-refractivity contribution in [1.82, 2.24) is 10.3 Å². The number of hydrogen-bond donors (Lipinski definition) is 3. The van der Waals surface area contributed by atoms with E-state index < -0.39 is 0 Å². The van der Waals surface area contributed by atoms with E-state index in [4.69, 9.17) is 0 Å². The van der Waals surface area contributed by atoms with Crippen LogP contribution in [0.5, 0.6) is 0 Å². The van der Waals surface area contributed by atoms with Crippen molar-refractivity contribution < 1.29 is 14.4 Å². The molecule has 3 heterocycles. The van der Waals surface area contributed by atoms with Crippen LogP contribution in [-0.2, 0) is 9.59 Å². The number of anilines is 3. The molecule has 1 fully saturated rings. The van der Waals surface area contributed by atoms with Gasteiger partial charge in [-0.15, -0.1) is 11.8 Å². The SMILES string of the molecule is O=C1CN(c2ccc(NC(=O)c3ccc4c(c3)NC(=O)CS4)cn2)CCN1. The van der Waals surface area contributed by atoms with Crippen molar-refractivity contribution in [2.75, 3.05) is 40.9 Å². The summed E-state index contributed by atoms with van der Waals surface area (Å²) in [6.07, 6.45) is 1.57. The zero-order valence-electron chi connectivity index (χ0n) is 14.3. The van der Waals surface area contributed by atoms with Gasteiger partial charge in [0.1, 0.15) is 5.82 Å². The van der Waals surface area contributed by atoms with Gasteiger partial charge in [-0.2, -0.15) is 0 Å². The molecule has 0 aliphatic carbocycles. The molecule has 0 radical (unpaired) electrons. The minimum Gasteiger partial charge on any atom is -0.353 e. The van der Waals surface area contributed by atoms with Crippen LogP contribution in [0.2, 0.25) is 0 Å². The molecule has 2 aliphatic heterocycles. The Bertz CT molecular complexity index is 916. The fourth-order valence-electron chi connectivity index (χ4n) is 2.91. The molecule has 2 aliphatic rings. The number of carbonyl (C=O) groups excluding carboxylic acids is 3. The Kier molecular flexibility index (Phi) is 4.68. The van der Waals surface area contributed by atoms with Gasteiger partial charge in [-0.25, -0.2) is 4.98 Å². The van der Waals surface area contributed by atoms with Crippen molar-refractivity contribution in [3.8, 4) is 0 Å². The standard InChI is InChI=1S/C18H17N5O3S/c24-16-9-23(6-5-19-16)15-4-2-12(8-20-15)21-18(26)11-1-3-14-13(7-11)22-17(25)10-27-14/h1-4,7-8H,5-6,9-10H2,(H,19,24)(H,21,26)(H,22,25). The van der Waals surface area contributed by atoms with Crippen LogP contribution in [0.15, 0.2) is 41.4 Å². The van der Waals surface area contributed by atoms with E-state index in [-0.39, 0.29) is 24.3 Å². The molecule has 9 heteroatoms. The Balaban J connectivity index is 1.44. The second kappa shape index (κ2) is 7.28. The number of fused-ring (bicyclic) bond motifs is 1. The van der Waals surface area contributed by atoms with Crippen molar-refractivity contribution in [2.24, 2.45) is 0 Å². The predicted octanol–water partition coefficient (Wildman–Crippen LogP) is 1.31. The number of pyridine rings is 1. The third kappa shape index (κ3) is 3.87. The molecule has 0 spiro atoms. The molecular formula is C18H17N5O3S. The number of hydrogen-bond acceptors (Lipinski definition) is 6. The van der Waals surface area contributed by atoms with Crippen LogP contribution >= 0.6 is 11.8 Å². The van der Waals surface area contributed by atoms with Crippen LogP contribution < -0.4 is 20.9 Å². The van der Waals surface area contributed by atoms with E-state index in [0.717, 1.165) is 4.90 Å². The molecule has 0 saturated carbocycles. The summed E-state index contributed by atoms with van der Waals surface area (Å²) >= 11 is 1.45. The quantitative estimate of drug-likeness (QED) is 0.739. The van der Waals surface area contributed by atoms with Crippen LogP contribution in [0.1, 0.15) is 10.4 Å². The molecule has 2 aromatic rings. The van der Waals surface area contributed by atoms with E-state index in [1.807, 2.05) is 11.0 Å². The van der Waals surface area contributed by atoms with Crippen molar-refractivity contribution in [3.05, 3.63) is 42.1 Å². The Labute approximate surface area is 159 Å². The van der Waals surface area contributed by atoms with Gasteiger partial charge in [0.05, 0.1) is 29.9 Å². The monoisotopic (exact) mass is 383 g/mol. The Morgan fingerprint density at radius 3 is 2.85 bits per heavy atom. The lowest BCUT2D eigenvalue weighted by Crippen LogP contribution is -2.48. The molecule has 138 valence electrons. The maximum Gasteiger partial charge on any atom is 0.255 e. The van der Waals surface area contributed by atoms with Gasteiger partial charge in [0.15, 0.2) is 0 Å². The first-order chi connectivity index (χ1) is 13.1. The van der Waals surface area contributed by atoms with Crippen LogP contribution in [0.4, 0.5) is 17.2 Å². The maximum absolute atomic E-state index is 12.5. The molecule has 3 N–H and O–H groups in total. The van der Waals surface area contributed by atoms with Gasteiger partial charge in [0.25, 0.3) is 5.91 Å². The maximum atomic E-state index is 12.5. The number of rotatable bonds is 3. The van der Waals surface area contributed by atoms with Gasteiger partial charge in [0.2, 0.25) is 11.8 Å². The summed E-state index contributed by atoms with van der Waals surface area (Å²) in [5, 5.41) is 8.34. The first kappa shape index (κ1) is 17.3. The first-order valence-corrected chi connectivity index (χ1v) is 9.43. The molecule has 0 unspecified atom stereocenters. The lowest BCUT2D eigenvalue weighted by Gasteiger charge is -2.27.